The molecule has 7 nitrogen and oxygen atoms in total. The monoisotopic (exact) mass is 499 g/mol. The van der Waals surface area contributed by atoms with Gasteiger partial charge in [0.05, 0.1) is 29.4 Å². The van der Waals surface area contributed by atoms with Crippen LogP contribution in [0.5, 0.6) is 11.6 Å². The molecular formula is C27H34ClN3O4. The lowest BCUT2D eigenvalue weighted by Gasteiger charge is -2.27. The quantitative estimate of drug-likeness (QED) is 0.382. The highest BCUT2D eigenvalue weighted by Crippen LogP contribution is 2.36. The molecule has 1 aliphatic heterocycles. The van der Waals surface area contributed by atoms with E-state index >= 15 is 0 Å². The van der Waals surface area contributed by atoms with E-state index in [1.54, 1.807) is 10.7 Å². The minimum atomic E-state index is -0.610. The number of rotatable bonds is 12. The standard InChI is InChI=1S/C27H34ClN3O4/c1-3-33-19-21(32)16-31(17-22-12-9-15-34-22)18-23-26(20-10-5-4-6-11-20)29-30(2)27(23)35-25-14-8-7-13-24(25)28/h4-8,10-11,13-14,21-22,32H,3,9,12,15-19H2,1-2H3/t21-,22-/m0/s1. The highest BCUT2D eigenvalue weighted by molar-refractivity contribution is 6.32. The molecule has 188 valence electrons. The minimum Gasteiger partial charge on any atom is -0.437 e. The zero-order valence-electron chi connectivity index (χ0n) is 20.4. The van der Waals surface area contributed by atoms with Gasteiger partial charge in [-0.15, -0.1) is 0 Å². The van der Waals surface area contributed by atoms with Gasteiger partial charge in [-0.3, -0.25) is 4.90 Å². The van der Waals surface area contributed by atoms with Gasteiger partial charge >= 0.3 is 0 Å². The summed E-state index contributed by atoms with van der Waals surface area (Å²) >= 11 is 6.41. The van der Waals surface area contributed by atoms with Crippen LogP contribution in [0.15, 0.2) is 54.6 Å². The van der Waals surface area contributed by atoms with E-state index in [1.165, 1.54) is 0 Å². The van der Waals surface area contributed by atoms with Crippen molar-refractivity contribution in [3.05, 3.63) is 65.2 Å². The predicted octanol–water partition coefficient (Wildman–Crippen LogP) is 4.91. The molecule has 0 saturated carbocycles. The van der Waals surface area contributed by atoms with Gasteiger partial charge in [-0.2, -0.15) is 5.10 Å². The Morgan fingerprint density at radius 3 is 2.69 bits per heavy atom. The highest BCUT2D eigenvalue weighted by Gasteiger charge is 2.26. The van der Waals surface area contributed by atoms with Crippen molar-refractivity contribution in [3.63, 3.8) is 0 Å². The third-order valence-electron chi connectivity index (χ3n) is 6.03. The first-order valence-corrected chi connectivity index (χ1v) is 12.6. The number of aromatic nitrogens is 2. The van der Waals surface area contributed by atoms with E-state index in [9.17, 15) is 5.11 Å². The van der Waals surface area contributed by atoms with Crippen LogP contribution in [0.1, 0.15) is 25.3 Å². The van der Waals surface area contributed by atoms with Crippen molar-refractivity contribution >= 4 is 11.6 Å². The first-order chi connectivity index (χ1) is 17.0. The molecule has 1 fully saturated rings. The molecule has 3 aromatic rings. The lowest BCUT2D eigenvalue weighted by Crippen LogP contribution is -2.39. The summed E-state index contributed by atoms with van der Waals surface area (Å²) in [4.78, 5) is 2.21. The van der Waals surface area contributed by atoms with Gasteiger partial charge < -0.3 is 19.3 Å². The van der Waals surface area contributed by atoms with Gasteiger partial charge in [0, 0.05) is 45.5 Å². The van der Waals surface area contributed by atoms with E-state index in [4.69, 9.17) is 30.9 Å². The number of hydrogen-bond acceptors (Lipinski definition) is 6. The fourth-order valence-electron chi connectivity index (χ4n) is 4.39. The van der Waals surface area contributed by atoms with E-state index in [0.717, 1.165) is 36.3 Å². The molecule has 1 aliphatic rings. The molecular weight excluding hydrogens is 466 g/mol. The molecule has 2 atom stereocenters. The predicted molar refractivity (Wildman–Crippen MR) is 137 cm³/mol. The molecule has 0 unspecified atom stereocenters. The first kappa shape index (κ1) is 25.7. The van der Waals surface area contributed by atoms with Crippen LogP contribution < -0.4 is 4.74 Å². The Morgan fingerprint density at radius 1 is 1.20 bits per heavy atom. The van der Waals surface area contributed by atoms with Crippen molar-refractivity contribution in [1.29, 1.82) is 0 Å². The van der Waals surface area contributed by atoms with Gasteiger partial charge in [0.2, 0.25) is 5.88 Å². The second-order valence-corrected chi connectivity index (χ2v) is 9.20. The van der Waals surface area contributed by atoms with Crippen LogP contribution in [0.25, 0.3) is 11.3 Å². The van der Waals surface area contributed by atoms with Crippen molar-refractivity contribution in [2.75, 3.05) is 32.9 Å². The molecule has 35 heavy (non-hydrogen) atoms. The van der Waals surface area contributed by atoms with Gasteiger partial charge in [0.15, 0.2) is 0 Å². The first-order valence-electron chi connectivity index (χ1n) is 12.2. The van der Waals surface area contributed by atoms with Crippen LogP contribution in [0.3, 0.4) is 0 Å². The Hall–Kier alpha value is -2.42. The van der Waals surface area contributed by atoms with Crippen LogP contribution in [-0.4, -0.2) is 64.9 Å². The zero-order valence-corrected chi connectivity index (χ0v) is 21.2. The molecule has 4 rings (SSSR count). The normalized spacial score (nSPS) is 16.7. The molecule has 0 bridgehead atoms. The van der Waals surface area contributed by atoms with Crippen molar-refractivity contribution in [2.24, 2.45) is 7.05 Å². The van der Waals surface area contributed by atoms with Gasteiger partial charge in [-0.25, -0.2) is 4.68 Å². The number of benzene rings is 2. The molecule has 0 aliphatic carbocycles. The summed E-state index contributed by atoms with van der Waals surface area (Å²) in [5.74, 6) is 1.19. The van der Waals surface area contributed by atoms with Crippen molar-refractivity contribution in [1.82, 2.24) is 14.7 Å². The summed E-state index contributed by atoms with van der Waals surface area (Å²) in [7, 11) is 1.87. The van der Waals surface area contributed by atoms with Crippen molar-refractivity contribution < 1.29 is 19.3 Å². The van der Waals surface area contributed by atoms with Crippen molar-refractivity contribution in [3.8, 4) is 22.9 Å². The maximum Gasteiger partial charge on any atom is 0.222 e. The highest BCUT2D eigenvalue weighted by atomic mass is 35.5. The summed E-state index contributed by atoms with van der Waals surface area (Å²) in [5, 5.41) is 16.0. The van der Waals surface area contributed by atoms with E-state index in [2.05, 4.69) is 4.90 Å². The molecule has 0 radical (unpaired) electrons. The smallest absolute Gasteiger partial charge is 0.222 e. The SMILES string of the molecule is CCOC[C@@H](O)CN(Cc1c(-c2ccccc2)nn(C)c1Oc1ccccc1Cl)C[C@@H]1CCCO1. The summed E-state index contributed by atoms with van der Waals surface area (Å²) in [6.45, 7) is 5.26. The Bertz CT molecular complexity index is 1070. The van der Waals surface area contributed by atoms with E-state index in [-0.39, 0.29) is 6.10 Å². The molecule has 2 aromatic carbocycles. The van der Waals surface area contributed by atoms with Crippen LogP contribution in [0.4, 0.5) is 0 Å². The molecule has 8 heteroatoms. The van der Waals surface area contributed by atoms with Gasteiger partial charge in [-0.05, 0) is 31.9 Å². The molecule has 1 aromatic heterocycles. The summed E-state index contributed by atoms with van der Waals surface area (Å²) in [6, 6.07) is 17.5. The number of para-hydroxylation sites is 1. The number of ether oxygens (including phenoxy) is 3. The topological polar surface area (TPSA) is 69.0 Å². The number of aliphatic hydroxyl groups excluding tert-OH is 1. The molecule has 0 amide bonds. The third kappa shape index (κ3) is 6.84. The Kier molecular flexibility index (Phi) is 9.18. The number of nitrogens with zero attached hydrogens (tertiary/aromatic N) is 3. The van der Waals surface area contributed by atoms with E-state index in [0.29, 0.717) is 49.5 Å². The van der Waals surface area contributed by atoms with E-state index < -0.39 is 6.10 Å². The number of aliphatic hydroxyl groups is 1. The number of aryl methyl sites for hydroxylation is 1. The zero-order chi connectivity index (χ0) is 24.6. The Morgan fingerprint density at radius 2 is 1.97 bits per heavy atom. The van der Waals surface area contributed by atoms with Crippen LogP contribution >= 0.6 is 11.6 Å². The minimum absolute atomic E-state index is 0.138. The second-order valence-electron chi connectivity index (χ2n) is 8.80. The average Bonchev–Trinajstić information content (AvgIpc) is 3.48. The van der Waals surface area contributed by atoms with E-state index in [1.807, 2.05) is 62.5 Å². The molecule has 1 saturated heterocycles. The Labute approximate surface area is 212 Å². The largest absolute Gasteiger partial charge is 0.437 e. The van der Waals surface area contributed by atoms with Gasteiger partial charge in [0.1, 0.15) is 11.4 Å². The molecule has 1 N–H and O–H groups in total. The summed E-state index contributed by atoms with van der Waals surface area (Å²) in [5.41, 5.74) is 2.77. The summed E-state index contributed by atoms with van der Waals surface area (Å²) < 4.78 is 19.5. The lowest BCUT2D eigenvalue weighted by atomic mass is 10.1. The molecule has 0 spiro atoms. The summed E-state index contributed by atoms with van der Waals surface area (Å²) in [6.07, 6.45) is 1.60. The fourth-order valence-corrected chi connectivity index (χ4v) is 4.56. The number of halogens is 1. The Balaban J connectivity index is 1.68. The van der Waals surface area contributed by atoms with Crippen LogP contribution in [0, 0.1) is 0 Å². The number of hydrogen-bond donors (Lipinski definition) is 1. The average molecular weight is 500 g/mol. The third-order valence-corrected chi connectivity index (χ3v) is 6.34. The van der Waals surface area contributed by atoms with Crippen molar-refractivity contribution in [2.45, 2.75) is 38.5 Å². The maximum atomic E-state index is 10.7. The molecule has 2 heterocycles. The van der Waals surface area contributed by atoms with Crippen LogP contribution in [0.2, 0.25) is 5.02 Å². The second kappa shape index (κ2) is 12.5. The lowest BCUT2D eigenvalue weighted by molar-refractivity contribution is 0.00505. The van der Waals surface area contributed by atoms with Gasteiger partial charge in [-0.1, -0.05) is 54.1 Å². The fraction of sp³-hybridized carbons (Fsp3) is 0.444. The van der Waals surface area contributed by atoms with Gasteiger partial charge in [0.25, 0.3) is 0 Å². The van der Waals surface area contributed by atoms with Crippen LogP contribution in [-0.2, 0) is 23.1 Å². The maximum absolute atomic E-state index is 10.7.